The molecule has 2 aromatic rings. The number of carbonyl (C=O) groups is 1. The van der Waals surface area contributed by atoms with Gasteiger partial charge in [0, 0.05) is 21.4 Å². The lowest BCUT2D eigenvalue weighted by molar-refractivity contribution is -0.136. The predicted octanol–water partition coefficient (Wildman–Crippen LogP) is 4.47. The largest absolute Gasteiger partial charge is 0.466 e. The van der Waals surface area contributed by atoms with Crippen molar-refractivity contribution in [2.24, 2.45) is 0 Å². The zero-order valence-corrected chi connectivity index (χ0v) is 16.5. The van der Waals surface area contributed by atoms with Crippen LogP contribution in [0.5, 0.6) is 0 Å². The Morgan fingerprint density at radius 3 is 2.62 bits per heavy atom. The van der Waals surface area contributed by atoms with Crippen LogP contribution in [0.3, 0.4) is 0 Å². The number of carbonyl (C=O) groups excluding carboxylic acids is 1. The van der Waals surface area contributed by atoms with Crippen molar-refractivity contribution >= 4 is 44.9 Å². The third kappa shape index (κ3) is 3.37. The Bertz CT molecular complexity index is 902. The average molecular weight is 435 g/mol. The van der Waals surface area contributed by atoms with Crippen molar-refractivity contribution < 1.29 is 13.9 Å². The van der Waals surface area contributed by atoms with Crippen molar-refractivity contribution in [2.75, 3.05) is 12.0 Å². The molecule has 1 aliphatic heterocycles. The number of esters is 1. The minimum Gasteiger partial charge on any atom is -0.466 e. The summed E-state index contributed by atoms with van der Waals surface area (Å²) in [5.74, 6) is -0.973. The Kier molecular flexibility index (Phi) is 5.38. The second-order valence-corrected chi connectivity index (χ2v) is 7.01. The summed E-state index contributed by atoms with van der Waals surface area (Å²) in [7, 11) is 1.30. The fourth-order valence-corrected chi connectivity index (χ4v) is 3.71. The molecule has 0 aliphatic carbocycles. The van der Waals surface area contributed by atoms with Gasteiger partial charge in [0.2, 0.25) is 0 Å². The van der Waals surface area contributed by atoms with E-state index in [0.29, 0.717) is 26.4 Å². The van der Waals surface area contributed by atoms with E-state index in [4.69, 9.17) is 17.0 Å². The lowest BCUT2D eigenvalue weighted by atomic mass is 9.94. The molecule has 0 saturated carbocycles. The van der Waals surface area contributed by atoms with Gasteiger partial charge in [-0.15, -0.1) is 0 Å². The number of para-hydroxylation sites is 1. The van der Waals surface area contributed by atoms with Gasteiger partial charge in [-0.25, -0.2) is 9.18 Å². The van der Waals surface area contributed by atoms with Crippen LogP contribution < -0.4 is 10.2 Å². The summed E-state index contributed by atoms with van der Waals surface area (Å²) in [6.07, 6.45) is 0. The maximum absolute atomic E-state index is 14.5. The van der Waals surface area contributed by atoms with Gasteiger partial charge in [0.05, 0.1) is 18.7 Å². The van der Waals surface area contributed by atoms with Crippen molar-refractivity contribution in [1.82, 2.24) is 5.32 Å². The molecule has 1 N–H and O–H groups in total. The first kappa shape index (κ1) is 18.5. The molecule has 0 amide bonds. The Hall–Kier alpha value is -2.25. The molecule has 0 aromatic heterocycles. The first-order valence-electron chi connectivity index (χ1n) is 7.83. The van der Waals surface area contributed by atoms with Crippen LogP contribution in [-0.4, -0.2) is 18.2 Å². The third-order valence-corrected chi connectivity index (χ3v) is 4.97. The zero-order valence-electron chi connectivity index (χ0n) is 14.1. The van der Waals surface area contributed by atoms with Gasteiger partial charge in [0.25, 0.3) is 0 Å². The Labute approximate surface area is 164 Å². The first-order valence-corrected chi connectivity index (χ1v) is 9.04. The van der Waals surface area contributed by atoms with Gasteiger partial charge in [-0.3, -0.25) is 4.90 Å². The quantitative estimate of drug-likeness (QED) is 0.569. The van der Waals surface area contributed by atoms with Crippen LogP contribution in [0.4, 0.5) is 10.1 Å². The summed E-state index contributed by atoms with van der Waals surface area (Å²) in [4.78, 5) is 14.3. The second kappa shape index (κ2) is 7.55. The number of hydrogen-bond donors (Lipinski definition) is 1. The third-order valence-electron chi connectivity index (χ3n) is 4.17. The fraction of sp³-hybridized carbons (Fsp3) is 0.158. The molecular weight excluding hydrogens is 419 g/mol. The number of allylic oxidation sites excluding steroid dienone is 1. The van der Waals surface area contributed by atoms with E-state index in [9.17, 15) is 9.18 Å². The van der Waals surface area contributed by atoms with Gasteiger partial charge in [0.15, 0.2) is 5.11 Å². The Balaban J connectivity index is 2.18. The van der Waals surface area contributed by atoms with Crippen LogP contribution in [0.1, 0.15) is 18.5 Å². The van der Waals surface area contributed by atoms with Crippen LogP contribution in [-0.2, 0) is 9.53 Å². The average Bonchev–Trinajstić information content (AvgIpc) is 2.63. The van der Waals surface area contributed by atoms with Crippen LogP contribution in [0.2, 0.25) is 0 Å². The van der Waals surface area contributed by atoms with E-state index in [1.54, 1.807) is 24.0 Å². The van der Waals surface area contributed by atoms with Gasteiger partial charge in [0.1, 0.15) is 5.82 Å². The van der Waals surface area contributed by atoms with Crippen LogP contribution >= 0.6 is 28.1 Å². The molecule has 2 aromatic carbocycles. The summed E-state index contributed by atoms with van der Waals surface area (Å²) >= 11 is 8.86. The summed E-state index contributed by atoms with van der Waals surface area (Å²) < 4.78 is 20.1. The number of anilines is 1. The lowest BCUT2D eigenvalue weighted by Gasteiger charge is -2.37. The molecule has 134 valence electrons. The van der Waals surface area contributed by atoms with Crippen molar-refractivity contribution in [3.05, 3.63) is 75.7 Å². The fourth-order valence-electron chi connectivity index (χ4n) is 2.97. The minimum atomic E-state index is -0.743. The van der Waals surface area contributed by atoms with Gasteiger partial charge in [-0.2, -0.15) is 0 Å². The molecule has 1 aliphatic rings. The number of thiocarbonyl (C=S) groups is 1. The van der Waals surface area contributed by atoms with E-state index in [1.165, 1.54) is 13.2 Å². The topological polar surface area (TPSA) is 41.6 Å². The number of methoxy groups -OCH3 is 1. The van der Waals surface area contributed by atoms with Gasteiger partial charge in [-0.1, -0.05) is 34.1 Å². The molecule has 1 atom stereocenters. The molecule has 0 fully saturated rings. The summed E-state index contributed by atoms with van der Waals surface area (Å²) in [5.41, 5.74) is 2.02. The molecule has 26 heavy (non-hydrogen) atoms. The van der Waals surface area contributed by atoms with E-state index >= 15 is 0 Å². The molecule has 0 saturated heterocycles. The number of rotatable bonds is 3. The van der Waals surface area contributed by atoms with E-state index in [-0.39, 0.29) is 0 Å². The first-order chi connectivity index (χ1) is 12.4. The molecule has 0 spiro atoms. The summed E-state index contributed by atoms with van der Waals surface area (Å²) in [6, 6.07) is 13.2. The van der Waals surface area contributed by atoms with E-state index in [2.05, 4.69) is 21.2 Å². The Morgan fingerprint density at radius 1 is 1.27 bits per heavy atom. The standard InChI is InChI=1S/C19H16BrFN2O2S/c1-11-16(18(24)25-2)17(14-10-12(20)8-9-15(14)21)22-19(26)23(11)13-6-4-3-5-7-13/h3-10,17H,1-2H3,(H,22,26). The molecular formula is C19H16BrFN2O2S. The Morgan fingerprint density at radius 2 is 1.96 bits per heavy atom. The van der Waals surface area contributed by atoms with Crippen molar-refractivity contribution in [3.63, 3.8) is 0 Å². The van der Waals surface area contributed by atoms with Gasteiger partial charge < -0.3 is 10.1 Å². The highest BCUT2D eigenvalue weighted by Crippen LogP contribution is 2.35. The molecule has 1 unspecified atom stereocenters. The van der Waals surface area contributed by atoms with Crippen LogP contribution in [0.15, 0.2) is 64.3 Å². The second-order valence-electron chi connectivity index (χ2n) is 5.71. The molecule has 0 bridgehead atoms. The highest BCUT2D eigenvalue weighted by atomic mass is 79.9. The monoisotopic (exact) mass is 434 g/mol. The minimum absolute atomic E-state index is 0.307. The predicted molar refractivity (Wildman–Crippen MR) is 106 cm³/mol. The van der Waals surface area contributed by atoms with Crippen molar-refractivity contribution in [2.45, 2.75) is 13.0 Å². The van der Waals surface area contributed by atoms with Crippen LogP contribution in [0.25, 0.3) is 0 Å². The molecule has 1 heterocycles. The van der Waals surface area contributed by atoms with Crippen molar-refractivity contribution in [1.29, 1.82) is 0 Å². The van der Waals surface area contributed by atoms with Gasteiger partial charge in [-0.05, 0) is 49.5 Å². The van der Waals surface area contributed by atoms with E-state index in [0.717, 1.165) is 5.69 Å². The SMILES string of the molecule is COC(=O)C1=C(C)N(c2ccccc2)C(=S)NC1c1cc(Br)ccc1F. The van der Waals surface area contributed by atoms with E-state index in [1.807, 2.05) is 30.3 Å². The molecule has 4 nitrogen and oxygen atoms in total. The van der Waals surface area contributed by atoms with Crippen molar-refractivity contribution in [3.8, 4) is 0 Å². The number of benzene rings is 2. The summed E-state index contributed by atoms with van der Waals surface area (Å²) in [6.45, 7) is 1.77. The number of nitrogens with zero attached hydrogens (tertiary/aromatic N) is 1. The normalized spacial score (nSPS) is 17.2. The van der Waals surface area contributed by atoms with E-state index < -0.39 is 17.8 Å². The molecule has 3 rings (SSSR count). The molecule has 7 heteroatoms. The highest BCUT2D eigenvalue weighted by molar-refractivity contribution is 9.10. The van der Waals surface area contributed by atoms with Crippen LogP contribution in [0, 0.1) is 5.82 Å². The number of ether oxygens (including phenoxy) is 1. The number of halogens is 2. The maximum atomic E-state index is 14.5. The zero-order chi connectivity index (χ0) is 18.8. The maximum Gasteiger partial charge on any atom is 0.337 e. The van der Waals surface area contributed by atoms with Gasteiger partial charge >= 0.3 is 5.97 Å². The number of hydrogen-bond acceptors (Lipinski definition) is 3. The molecule has 0 radical (unpaired) electrons. The smallest absolute Gasteiger partial charge is 0.337 e. The number of nitrogens with one attached hydrogen (secondary N) is 1. The highest BCUT2D eigenvalue weighted by Gasteiger charge is 2.36. The lowest BCUT2D eigenvalue weighted by Crippen LogP contribution is -2.48. The summed E-state index contributed by atoms with van der Waals surface area (Å²) in [5, 5.41) is 3.46.